The molecule has 3 aliphatic rings. The molecule has 4 bridgehead atoms. The van der Waals surface area contributed by atoms with Crippen molar-refractivity contribution in [1.82, 2.24) is 14.9 Å². The lowest BCUT2D eigenvalue weighted by Gasteiger charge is -2.39. The lowest BCUT2D eigenvalue weighted by Crippen LogP contribution is -2.62. The molecule has 4 aromatic rings. The van der Waals surface area contributed by atoms with Crippen LogP contribution in [-0.2, 0) is 29.4 Å². The van der Waals surface area contributed by atoms with Gasteiger partial charge in [0.05, 0.1) is 17.1 Å². The number of anilines is 1. The zero-order valence-corrected chi connectivity index (χ0v) is 27.3. The van der Waals surface area contributed by atoms with Crippen molar-refractivity contribution in [3.05, 3.63) is 94.3 Å². The molecule has 2 atom stereocenters. The smallest absolute Gasteiger partial charge is 0.264 e. The molecule has 2 aromatic heterocycles. The summed E-state index contributed by atoms with van der Waals surface area (Å²) < 4.78 is 38.8. The maximum Gasteiger partial charge on any atom is 0.264 e. The number of aryl methyl sites for hydroxylation is 3. The first-order valence-corrected chi connectivity index (χ1v) is 17.1. The van der Waals surface area contributed by atoms with Crippen LogP contribution >= 0.6 is 0 Å². The van der Waals surface area contributed by atoms with Crippen molar-refractivity contribution in [3.8, 4) is 17.1 Å². The lowest BCUT2D eigenvalue weighted by atomic mass is 9.87. The normalized spacial score (nSPS) is 20.6. The molecule has 2 aliphatic heterocycles. The van der Waals surface area contributed by atoms with Crippen molar-refractivity contribution < 1.29 is 22.7 Å². The average Bonchev–Trinajstić information content (AvgIpc) is 3.47. The van der Waals surface area contributed by atoms with Crippen LogP contribution in [0.1, 0.15) is 73.5 Å². The number of aromatic nitrogens is 3. The Morgan fingerprint density at radius 3 is 2.56 bits per heavy atom. The number of rotatable bonds is 2. The van der Waals surface area contributed by atoms with Crippen LogP contribution in [-0.4, -0.2) is 35.9 Å². The van der Waals surface area contributed by atoms with Crippen molar-refractivity contribution in [3.63, 3.8) is 0 Å². The van der Waals surface area contributed by atoms with Crippen LogP contribution in [0.4, 0.5) is 5.95 Å². The van der Waals surface area contributed by atoms with Crippen LogP contribution in [0.3, 0.4) is 0 Å². The van der Waals surface area contributed by atoms with Crippen LogP contribution in [0.5, 0.6) is 5.88 Å². The Kier molecular flexibility index (Phi) is 7.32. The Labute approximate surface area is 265 Å². The zero-order valence-electron chi connectivity index (χ0n) is 26.5. The SMILES string of the molecule is Cc1cccc(C)c1-c1cc2nc(n1)NS(=O)(=O)c1cccc(c1)C1O[n+]3c(ccc4c3CCC4)CN1[C@H](CC(C)(C)C)CO2. The molecule has 9 nitrogen and oxygen atoms in total. The second-order valence-electron chi connectivity index (χ2n) is 13.7. The monoisotopic (exact) mass is 626 g/mol. The van der Waals surface area contributed by atoms with E-state index in [0.717, 1.165) is 53.6 Å². The number of sulfonamides is 1. The number of hydrogen-bond donors (Lipinski definition) is 1. The highest BCUT2D eigenvalue weighted by Crippen LogP contribution is 2.35. The molecular formula is C35H40N5O4S+. The molecule has 0 spiro atoms. The third-order valence-corrected chi connectivity index (χ3v) is 10.2. The highest BCUT2D eigenvalue weighted by molar-refractivity contribution is 7.92. The van der Waals surface area contributed by atoms with E-state index in [2.05, 4.69) is 52.5 Å². The molecule has 0 saturated carbocycles. The molecule has 7 rings (SSSR count). The predicted octanol–water partition coefficient (Wildman–Crippen LogP) is 5.48. The highest BCUT2D eigenvalue weighted by atomic mass is 32.2. The van der Waals surface area contributed by atoms with E-state index >= 15 is 0 Å². The fourth-order valence-electron chi connectivity index (χ4n) is 6.92. The van der Waals surface area contributed by atoms with Crippen LogP contribution in [0.15, 0.2) is 65.6 Å². The van der Waals surface area contributed by atoms with Crippen molar-refractivity contribution in [2.24, 2.45) is 5.41 Å². The van der Waals surface area contributed by atoms with E-state index in [-0.39, 0.29) is 22.3 Å². The Balaban J connectivity index is 1.39. The second-order valence-corrected chi connectivity index (χ2v) is 15.3. The summed E-state index contributed by atoms with van der Waals surface area (Å²) >= 11 is 0. The first-order chi connectivity index (χ1) is 21.4. The van der Waals surface area contributed by atoms with Crippen molar-refractivity contribution >= 4 is 16.0 Å². The maximum atomic E-state index is 13.8. The Morgan fingerprint density at radius 1 is 1.00 bits per heavy atom. The number of nitrogens with one attached hydrogen (secondary N) is 1. The van der Waals surface area contributed by atoms with E-state index in [4.69, 9.17) is 9.57 Å². The van der Waals surface area contributed by atoms with Gasteiger partial charge < -0.3 is 4.74 Å². The molecule has 2 aromatic carbocycles. The number of ether oxygens (including phenoxy) is 1. The standard InChI is InChI=1S/C35H40N5O4S/c1-22-9-6-10-23(2)32(22)29-18-31-37-34(36-29)38-45(41,42)28-13-7-12-25(17-28)33-39(27(21-43-31)19-35(3,4)5)20-26-16-15-24-11-8-14-30(24)40(26)44-33/h6-7,9-10,12-13,15-18,27,33H,8,11,14,19-21H2,1-5H3,(H,36,37,38)/q+1/t27-,33?/m1/s1. The third kappa shape index (κ3) is 5.77. The van der Waals surface area contributed by atoms with Crippen molar-refractivity contribution in [2.45, 2.75) is 84.0 Å². The van der Waals surface area contributed by atoms with E-state index in [1.807, 2.05) is 42.8 Å². The van der Waals surface area contributed by atoms with E-state index in [9.17, 15) is 8.42 Å². The number of benzene rings is 2. The number of nitrogens with zero attached hydrogens (tertiary/aromatic N) is 4. The first-order valence-electron chi connectivity index (χ1n) is 15.6. The summed E-state index contributed by atoms with van der Waals surface area (Å²) in [6.07, 6.45) is 3.38. The molecule has 0 fully saturated rings. The zero-order chi connectivity index (χ0) is 31.5. The van der Waals surface area contributed by atoms with E-state index in [1.165, 1.54) is 11.3 Å². The van der Waals surface area contributed by atoms with Gasteiger partial charge in [0, 0.05) is 46.0 Å². The van der Waals surface area contributed by atoms with Gasteiger partial charge >= 0.3 is 0 Å². The molecular weight excluding hydrogens is 586 g/mol. The van der Waals surface area contributed by atoms with Crippen LogP contribution in [0.25, 0.3) is 11.3 Å². The van der Waals surface area contributed by atoms with Gasteiger partial charge in [0.15, 0.2) is 0 Å². The number of hydrogen-bond acceptors (Lipinski definition) is 7. The molecule has 0 radical (unpaired) electrons. The van der Waals surface area contributed by atoms with Crippen molar-refractivity contribution in [1.29, 1.82) is 0 Å². The van der Waals surface area contributed by atoms with Gasteiger partial charge in [-0.15, -0.1) is 0 Å². The number of pyridine rings is 1. The molecule has 45 heavy (non-hydrogen) atoms. The summed E-state index contributed by atoms with van der Waals surface area (Å²) in [5.74, 6) is 0.280. The van der Waals surface area contributed by atoms with Gasteiger partial charge in [0.25, 0.3) is 16.3 Å². The molecule has 0 amide bonds. The van der Waals surface area contributed by atoms with Gasteiger partial charge in [-0.2, -0.15) is 4.98 Å². The summed E-state index contributed by atoms with van der Waals surface area (Å²) in [6, 6.07) is 19.2. The Hall–Kier alpha value is -4.02. The van der Waals surface area contributed by atoms with Crippen molar-refractivity contribution in [2.75, 3.05) is 11.3 Å². The summed E-state index contributed by atoms with van der Waals surface area (Å²) in [7, 11) is -4.04. The van der Waals surface area contributed by atoms with Gasteiger partial charge in [-0.05, 0) is 67.9 Å². The number of fused-ring (bicyclic) bond motifs is 9. The Morgan fingerprint density at radius 2 is 1.78 bits per heavy atom. The van der Waals surface area contributed by atoms with E-state index in [1.54, 1.807) is 24.3 Å². The third-order valence-electron chi connectivity index (χ3n) is 8.92. The van der Waals surface area contributed by atoms with E-state index in [0.29, 0.717) is 24.7 Å². The minimum Gasteiger partial charge on any atom is -0.476 e. The van der Waals surface area contributed by atoms with Crippen LogP contribution < -0.4 is 19.0 Å². The minimum absolute atomic E-state index is 0.0229. The molecule has 234 valence electrons. The fraction of sp³-hybridized carbons (Fsp3) is 0.400. The molecule has 4 heterocycles. The quantitative estimate of drug-likeness (QED) is 0.295. The first kappa shape index (κ1) is 29.7. The molecule has 10 heteroatoms. The average molecular weight is 627 g/mol. The molecule has 1 aliphatic carbocycles. The molecule has 0 saturated heterocycles. The summed E-state index contributed by atoms with van der Waals surface area (Å²) in [4.78, 5) is 18.5. The van der Waals surface area contributed by atoms with Gasteiger partial charge in [-0.1, -0.05) is 51.1 Å². The van der Waals surface area contributed by atoms with E-state index < -0.39 is 16.3 Å². The van der Waals surface area contributed by atoms with Gasteiger partial charge in [-0.25, -0.2) is 27.9 Å². The van der Waals surface area contributed by atoms with Crippen LogP contribution in [0, 0.1) is 19.3 Å². The van der Waals surface area contributed by atoms with Gasteiger partial charge in [-0.3, -0.25) is 0 Å². The van der Waals surface area contributed by atoms with Gasteiger partial charge in [0.1, 0.15) is 6.61 Å². The topological polar surface area (TPSA) is 97.5 Å². The molecule has 1 N–H and O–H groups in total. The minimum atomic E-state index is -4.04. The largest absolute Gasteiger partial charge is 0.476 e. The summed E-state index contributed by atoms with van der Waals surface area (Å²) in [5, 5.41) is 0. The predicted molar refractivity (Wildman–Crippen MR) is 171 cm³/mol. The highest BCUT2D eigenvalue weighted by Gasteiger charge is 2.43. The molecule has 1 unspecified atom stereocenters. The van der Waals surface area contributed by atoms with Gasteiger partial charge in [0.2, 0.25) is 23.2 Å². The summed E-state index contributed by atoms with van der Waals surface area (Å²) in [6.45, 7) is 11.7. The maximum absolute atomic E-state index is 13.8. The second kappa shape index (κ2) is 11.1. The summed E-state index contributed by atoms with van der Waals surface area (Å²) in [5.41, 5.74) is 7.90. The fourth-order valence-corrected chi connectivity index (χ4v) is 7.92. The van der Waals surface area contributed by atoms with Crippen LogP contribution in [0.2, 0.25) is 0 Å². The lowest BCUT2D eigenvalue weighted by molar-refractivity contribution is -0.922. The Bertz CT molecular complexity index is 1880.